The number of rotatable bonds is 2. The van der Waals surface area contributed by atoms with Crippen molar-refractivity contribution in [3.63, 3.8) is 0 Å². The molecule has 0 aromatic carbocycles. The number of alkyl halides is 3. The third-order valence-corrected chi connectivity index (χ3v) is 1.91. The zero-order chi connectivity index (χ0) is 10.6. The van der Waals surface area contributed by atoms with Crippen LogP contribution in [0.2, 0.25) is 19.6 Å². The monoisotopic (exact) mass is 208 g/mol. The van der Waals surface area contributed by atoms with Gasteiger partial charge in [-0.3, -0.25) is 4.79 Å². The first kappa shape index (κ1) is 12.2. The van der Waals surface area contributed by atoms with Gasteiger partial charge in [-0.15, -0.1) is 5.54 Å². The van der Waals surface area contributed by atoms with E-state index in [1.807, 2.05) is 25.6 Å². The van der Waals surface area contributed by atoms with Crippen LogP contribution in [0.25, 0.3) is 0 Å². The van der Waals surface area contributed by atoms with Gasteiger partial charge in [0, 0.05) is 0 Å². The van der Waals surface area contributed by atoms with Crippen LogP contribution in [-0.2, 0) is 4.79 Å². The molecule has 0 radical (unpaired) electrons. The third-order valence-electron chi connectivity index (χ3n) is 1.03. The van der Waals surface area contributed by atoms with Crippen molar-refractivity contribution in [2.24, 2.45) is 0 Å². The predicted molar refractivity (Wildman–Crippen MR) is 47.0 cm³/mol. The number of Topliss-reactive ketones (excluding diaryl/α,β-unsaturated/α-hetero) is 1. The van der Waals surface area contributed by atoms with Crippen molar-refractivity contribution in [2.45, 2.75) is 32.2 Å². The second-order valence-corrected chi connectivity index (χ2v) is 8.35. The molecule has 0 spiro atoms. The van der Waals surface area contributed by atoms with Crippen molar-refractivity contribution in [1.29, 1.82) is 0 Å². The summed E-state index contributed by atoms with van der Waals surface area (Å²) in [6, 6.07) is 0. The number of carbonyl (C=O) groups is 1. The van der Waals surface area contributed by atoms with Crippen LogP contribution in [0, 0.1) is 11.5 Å². The van der Waals surface area contributed by atoms with Gasteiger partial charge in [0.05, 0.1) is 0 Å². The Hall–Kier alpha value is -0.763. The number of hydrogen-bond donors (Lipinski definition) is 0. The molecule has 1 atom stereocenters. The molecule has 0 aromatic rings. The molecule has 0 aliphatic rings. The highest BCUT2D eigenvalue weighted by Gasteiger charge is 2.26. The minimum atomic E-state index is -3.27. The van der Waals surface area contributed by atoms with Gasteiger partial charge in [0.1, 0.15) is 8.07 Å². The summed E-state index contributed by atoms with van der Waals surface area (Å²) in [7, 11) is -1.79. The lowest BCUT2D eigenvalue weighted by atomic mass is 10.3. The van der Waals surface area contributed by atoms with Gasteiger partial charge >= 0.3 is 0 Å². The highest BCUT2D eigenvalue weighted by Crippen LogP contribution is 2.06. The van der Waals surface area contributed by atoms with E-state index in [4.69, 9.17) is 0 Å². The Morgan fingerprint density at radius 2 is 1.69 bits per heavy atom. The number of ketones is 1. The molecular formula is C8H11F3OSi. The maximum atomic E-state index is 12.3. The second kappa shape index (κ2) is 4.47. The third kappa shape index (κ3) is 5.47. The van der Waals surface area contributed by atoms with Crippen molar-refractivity contribution in [1.82, 2.24) is 0 Å². The van der Waals surface area contributed by atoms with Crippen LogP contribution in [0.3, 0.4) is 0 Å². The van der Waals surface area contributed by atoms with Crippen molar-refractivity contribution in [3.05, 3.63) is 0 Å². The van der Waals surface area contributed by atoms with E-state index in [1.54, 1.807) is 0 Å². The molecule has 0 fully saturated rings. The molecule has 74 valence electrons. The Balaban J connectivity index is 4.37. The first-order valence-electron chi connectivity index (χ1n) is 3.73. The maximum Gasteiger partial charge on any atom is 0.277 e. The van der Waals surface area contributed by atoms with Gasteiger partial charge in [-0.2, -0.15) is 0 Å². The second-order valence-electron chi connectivity index (χ2n) is 3.60. The largest absolute Gasteiger partial charge is 0.281 e. The van der Waals surface area contributed by atoms with Crippen LogP contribution in [0.1, 0.15) is 0 Å². The van der Waals surface area contributed by atoms with Gasteiger partial charge in [-0.25, -0.2) is 13.2 Å². The van der Waals surface area contributed by atoms with Crippen molar-refractivity contribution >= 4 is 13.9 Å². The Bertz CT molecular complexity index is 246. The molecule has 13 heavy (non-hydrogen) atoms. The Morgan fingerprint density at radius 1 is 1.23 bits per heavy atom. The van der Waals surface area contributed by atoms with Crippen LogP contribution in [0.4, 0.5) is 13.2 Å². The van der Waals surface area contributed by atoms with Gasteiger partial charge in [-0.05, 0) is 5.92 Å². The number of halogens is 3. The SMILES string of the molecule is C[Si](C)(C)C#CC(=O)C(F)C(F)F. The van der Waals surface area contributed by atoms with E-state index in [-0.39, 0.29) is 0 Å². The van der Waals surface area contributed by atoms with Crippen molar-refractivity contribution < 1.29 is 18.0 Å². The molecule has 1 nitrogen and oxygen atoms in total. The van der Waals surface area contributed by atoms with E-state index in [1.165, 1.54) is 0 Å². The molecule has 0 bridgehead atoms. The van der Waals surface area contributed by atoms with Crippen molar-refractivity contribution in [3.8, 4) is 11.5 Å². The number of carbonyl (C=O) groups excluding carboxylic acids is 1. The first-order chi connectivity index (χ1) is 5.74. The first-order valence-corrected chi connectivity index (χ1v) is 7.23. The zero-order valence-electron chi connectivity index (χ0n) is 7.70. The lowest BCUT2D eigenvalue weighted by Crippen LogP contribution is -2.24. The molecule has 0 rings (SSSR count). The van der Waals surface area contributed by atoms with E-state index in [9.17, 15) is 18.0 Å². The molecule has 0 aliphatic carbocycles. The van der Waals surface area contributed by atoms with Crippen LogP contribution >= 0.6 is 0 Å². The molecule has 0 amide bonds. The minimum absolute atomic E-state index is 1.32. The highest BCUT2D eigenvalue weighted by molar-refractivity contribution is 6.84. The molecule has 0 N–H and O–H groups in total. The van der Waals surface area contributed by atoms with Crippen LogP contribution in [0.15, 0.2) is 0 Å². The smallest absolute Gasteiger partial charge is 0.277 e. The summed E-state index contributed by atoms with van der Waals surface area (Å²) < 4.78 is 35.6. The Morgan fingerprint density at radius 3 is 2.00 bits per heavy atom. The lowest BCUT2D eigenvalue weighted by Gasteiger charge is -2.04. The van der Waals surface area contributed by atoms with E-state index in [2.05, 4.69) is 5.54 Å². The summed E-state index contributed by atoms with van der Waals surface area (Å²) in [4.78, 5) is 10.6. The molecule has 0 heterocycles. The normalized spacial score (nSPS) is 13.5. The van der Waals surface area contributed by atoms with Crippen LogP contribution < -0.4 is 0 Å². The van der Waals surface area contributed by atoms with Crippen LogP contribution in [0.5, 0.6) is 0 Å². The summed E-state index contributed by atoms with van der Waals surface area (Å²) >= 11 is 0. The molecule has 1 unspecified atom stereocenters. The van der Waals surface area contributed by atoms with E-state index in [0.29, 0.717) is 0 Å². The zero-order valence-corrected chi connectivity index (χ0v) is 8.70. The average molecular weight is 208 g/mol. The van der Waals surface area contributed by atoms with Gasteiger partial charge in [0.25, 0.3) is 6.43 Å². The van der Waals surface area contributed by atoms with Crippen molar-refractivity contribution in [2.75, 3.05) is 0 Å². The predicted octanol–water partition coefficient (Wildman–Crippen LogP) is 2.04. The van der Waals surface area contributed by atoms with E-state index < -0.39 is 26.5 Å². The fourth-order valence-corrected chi connectivity index (χ4v) is 0.931. The number of hydrogen-bond acceptors (Lipinski definition) is 1. The standard InChI is InChI=1S/C8H11F3OSi/c1-13(2,3)5-4-6(12)7(9)8(10)11/h7-8H,1-3H3. The van der Waals surface area contributed by atoms with E-state index >= 15 is 0 Å². The van der Waals surface area contributed by atoms with E-state index in [0.717, 1.165) is 0 Å². The van der Waals surface area contributed by atoms with Gasteiger partial charge in [0.2, 0.25) is 12.0 Å². The minimum Gasteiger partial charge on any atom is -0.281 e. The molecule has 0 saturated heterocycles. The average Bonchev–Trinajstić information content (AvgIpc) is 1.97. The summed E-state index contributed by atoms with van der Waals surface area (Å²) in [5.41, 5.74) is 2.52. The summed E-state index contributed by atoms with van der Waals surface area (Å²) in [5.74, 6) is 0.600. The van der Waals surface area contributed by atoms with Gasteiger partial charge < -0.3 is 0 Å². The molecule has 0 saturated carbocycles. The Labute approximate surface area is 76.3 Å². The summed E-state index contributed by atoms with van der Waals surface area (Å²) in [6.45, 7) is 5.51. The summed E-state index contributed by atoms with van der Waals surface area (Å²) in [5, 5.41) is 0. The molecule has 0 aliphatic heterocycles. The Kier molecular flexibility index (Phi) is 4.20. The van der Waals surface area contributed by atoms with Gasteiger partial charge in [-0.1, -0.05) is 19.6 Å². The summed E-state index contributed by atoms with van der Waals surface area (Å²) in [6.07, 6.45) is -6.03. The maximum absolute atomic E-state index is 12.3. The molecular weight excluding hydrogens is 197 g/mol. The lowest BCUT2D eigenvalue weighted by molar-refractivity contribution is -0.123. The molecule has 0 aromatic heterocycles. The highest BCUT2D eigenvalue weighted by atomic mass is 28.3. The fourth-order valence-electron chi connectivity index (χ4n) is 0.432. The topological polar surface area (TPSA) is 17.1 Å². The quantitative estimate of drug-likeness (QED) is 0.501. The van der Waals surface area contributed by atoms with Gasteiger partial charge in [0.15, 0.2) is 0 Å². The van der Waals surface area contributed by atoms with Crippen LogP contribution in [-0.4, -0.2) is 26.5 Å². The molecule has 5 heteroatoms. The fraction of sp³-hybridized carbons (Fsp3) is 0.625.